The minimum atomic E-state index is -0.874. The molecule has 1 heterocycles. The van der Waals surface area contributed by atoms with Crippen molar-refractivity contribution in [3.05, 3.63) is 6.92 Å². The first-order valence-corrected chi connectivity index (χ1v) is 2.87. The van der Waals surface area contributed by atoms with Crippen molar-refractivity contribution in [2.45, 2.75) is 12.5 Å². The van der Waals surface area contributed by atoms with Gasteiger partial charge in [0.15, 0.2) is 6.10 Å². The molecule has 1 saturated heterocycles. The van der Waals surface area contributed by atoms with E-state index in [4.69, 9.17) is 9.84 Å². The zero-order chi connectivity index (χ0) is 6.85. The lowest BCUT2D eigenvalue weighted by Gasteiger charge is -1.98. The van der Waals surface area contributed by atoms with E-state index < -0.39 is 12.1 Å². The second kappa shape index (κ2) is 2.27. The molecule has 0 saturated carbocycles. The first-order chi connectivity index (χ1) is 4.20. The van der Waals surface area contributed by atoms with Crippen LogP contribution in [0.4, 0.5) is 0 Å². The van der Waals surface area contributed by atoms with Gasteiger partial charge in [0.25, 0.3) is 0 Å². The molecule has 0 aliphatic carbocycles. The largest absolute Gasteiger partial charge is 0.479 e. The fourth-order valence-corrected chi connectivity index (χ4v) is 0.863. The fraction of sp³-hybridized carbons (Fsp3) is 0.667. The summed E-state index contributed by atoms with van der Waals surface area (Å²) in [5, 5.41) is 8.38. The van der Waals surface area contributed by atoms with Gasteiger partial charge < -0.3 is 9.84 Å². The summed E-state index contributed by atoms with van der Waals surface area (Å²) in [6.07, 6.45) is -0.0532. The van der Waals surface area contributed by atoms with E-state index in [2.05, 4.69) is 6.92 Å². The van der Waals surface area contributed by atoms with Gasteiger partial charge >= 0.3 is 5.97 Å². The van der Waals surface area contributed by atoms with E-state index in [-0.39, 0.29) is 5.92 Å². The standard InChI is InChI=1S/C6H8O3/c1-4-2-5(6(7)8)9-3-4/h4-5H,1-3H2/p+1/t4-,5-/m0/s1. The molecule has 0 unspecified atom stereocenters. The maximum atomic E-state index is 10.2. The van der Waals surface area contributed by atoms with Crippen molar-refractivity contribution < 1.29 is 14.6 Å². The second-order valence-corrected chi connectivity index (χ2v) is 2.26. The molecule has 1 fully saturated rings. The lowest BCUT2D eigenvalue weighted by atomic mass is 10.1. The van der Waals surface area contributed by atoms with Crippen LogP contribution >= 0.6 is 0 Å². The van der Waals surface area contributed by atoms with E-state index in [1.165, 1.54) is 0 Å². The Morgan fingerprint density at radius 2 is 2.44 bits per heavy atom. The Morgan fingerprint density at radius 3 is 2.67 bits per heavy atom. The van der Waals surface area contributed by atoms with Gasteiger partial charge in [-0.15, -0.1) is 0 Å². The van der Waals surface area contributed by atoms with Crippen molar-refractivity contribution in [3.63, 3.8) is 0 Å². The zero-order valence-electron chi connectivity index (χ0n) is 5.04. The highest BCUT2D eigenvalue weighted by molar-refractivity contribution is 5.72. The molecule has 1 N–H and O–H groups in total. The third-order valence-electron chi connectivity index (χ3n) is 1.36. The van der Waals surface area contributed by atoms with Crippen molar-refractivity contribution in [2.24, 2.45) is 5.92 Å². The minimum absolute atomic E-state index is 0.158. The molecule has 1 aliphatic rings. The quantitative estimate of drug-likeness (QED) is 0.518. The maximum absolute atomic E-state index is 10.2. The van der Waals surface area contributed by atoms with E-state index >= 15 is 0 Å². The predicted octanol–water partition coefficient (Wildman–Crippen LogP) is 0.310. The number of carboxylic acid groups (broad SMARTS) is 1. The molecular weight excluding hydrogens is 120 g/mol. The monoisotopic (exact) mass is 129 g/mol. The van der Waals surface area contributed by atoms with Crippen LogP contribution in [0, 0.1) is 12.8 Å². The van der Waals surface area contributed by atoms with Crippen LogP contribution in [0.3, 0.4) is 0 Å². The van der Waals surface area contributed by atoms with Gasteiger partial charge in [0.05, 0.1) is 13.5 Å². The Kier molecular flexibility index (Phi) is 1.62. The molecule has 0 aromatic heterocycles. The van der Waals surface area contributed by atoms with Gasteiger partial charge in [-0.2, -0.15) is 0 Å². The first-order valence-electron chi connectivity index (χ1n) is 2.87. The van der Waals surface area contributed by atoms with Crippen LogP contribution in [-0.4, -0.2) is 23.8 Å². The molecule has 9 heavy (non-hydrogen) atoms. The normalized spacial score (nSPS) is 34.7. The van der Waals surface area contributed by atoms with E-state index in [9.17, 15) is 4.79 Å². The Balaban J connectivity index is 2.39. The van der Waals surface area contributed by atoms with Crippen molar-refractivity contribution in [1.29, 1.82) is 0 Å². The van der Waals surface area contributed by atoms with Gasteiger partial charge in [-0.05, 0) is 0 Å². The maximum Gasteiger partial charge on any atom is 0.333 e. The summed E-state index contributed by atoms with van der Waals surface area (Å²) in [5.74, 6) is -0.716. The topological polar surface area (TPSA) is 46.5 Å². The van der Waals surface area contributed by atoms with Crippen LogP contribution in [0.1, 0.15) is 6.42 Å². The van der Waals surface area contributed by atoms with Crippen molar-refractivity contribution in [1.82, 2.24) is 0 Å². The summed E-state index contributed by atoms with van der Waals surface area (Å²) in [6.45, 7) is 4.16. The molecule has 0 aromatic carbocycles. The molecule has 0 aromatic rings. The highest BCUT2D eigenvalue weighted by Crippen LogP contribution is 2.17. The lowest BCUT2D eigenvalue weighted by molar-refractivity contribution is -0.147. The first kappa shape index (κ1) is 6.42. The highest BCUT2D eigenvalue weighted by atomic mass is 16.5. The second-order valence-electron chi connectivity index (χ2n) is 2.26. The molecule has 3 nitrogen and oxygen atoms in total. The number of hydrogen-bond acceptors (Lipinski definition) is 2. The molecule has 3 heteroatoms. The summed E-state index contributed by atoms with van der Waals surface area (Å²) in [5.41, 5.74) is 0. The SMILES string of the molecule is [CH2+][C@@H]1CO[C@H](C(=O)O)C1. The Bertz CT molecular complexity index is 121. The number of hydrogen-bond donors (Lipinski definition) is 1. The van der Waals surface area contributed by atoms with Crippen LogP contribution in [0.15, 0.2) is 0 Å². The van der Waals surface area contributed by atoms with Crippen LogP contribution in [-0.2, 0) is 9.53 Å². The molecule has 0 spiro atoms. The number of carbonyl (C=O) groups is 1. The third kappa shape index (κ3) is 1.36. The zero-order valence-corrected chi connectivity index (χ0v) is 5.04. The molecule has 0 bridgehead atoms. The number of rotatable bonds is 1. The third-order valence-corrected chi connectivity index (χ3v) is 1.36. The average molecular weight is 129 g/mol. The Morgan fingerprint density at radius 1 is 1.78 bits per heavy atom. The van der Waals surface area contributed by atoms with Crippen molar-refractivity contribution >= 4 is 5.97 Å². The summed E-state index contributed by atoms with van der Waals surface area (Å²) < 4.78 is 4.86. The smallest absolute Gasteiger partial charge is 0.333 e. The average Bonchev–Trinajstić information content (AvgIpc) is 2.14. The van der Waals surface area contributed by atoms with Crippen LogP contribution in [0.25, 0.3) is 0 Å². The van der Waals surface area contributed by atoms with E-state index in [1.807, 2.05) is 0 Å². The highest BCUT2D eigenvalue weighted by Gasteiger charge is 2.31. The fourth-order valence-electron chi connectivity index (χ4n) is 0.863. The summed E-state index contributed by atoms with van der Waals surface area (Å²) in [4.78, 5) is 10.2. The van der Waals surface area contributed by atoms with Gasteiger partial charge in [0, 0.05) is 6.42 Å². The van der Waals surface area contributed by atoms with E-state index in [0.29, 0.717) is 13.0 Å². The molecule has 50 valence electrons. The number of ether oxygens (including phenoxy) is 1. The van der Waals surface area contributed by atoms with Crippen LogP contribution in [0.5, 0.6) is 0 Å². The van der Waals surface area contributed by atoms with Gasteiger partial charge in [-0.1, -0.05) is 0 Å². The van der Waals surface area contributed by atoms with Gasteiger partial charge in [-0.25, -0.2) is 4.79 Å². The van der Waals surface area contributed by atoms with Crippen LogP contribution < -0.4 is 0 Å². The van der Waals surface area contributed by atoms with Crippen LogP contribution in [0.2, 0.25) is 0 Å². The molecule has 1 rings (SSSR count). The summed E-state index contributed by atoms with van der Waals surface area (Å²) in [6, 6.07) is 0. The van der Waals surface area contributed by atoms with Gasteiger partial charge in [0.1, 0.15) is 5.92 Å². The Hall–Kier alpha value is -0.700. The minimum Gasteiger partial charge on any atom is -0.479 e. The van der Waals surface area contributed by atoms with E-state index in [0.717, 1.165) is 0 Å². The number of aliphatic carboxylic acids is 1. The molecule has 0 radical (unpaired) electrons. The van der Waals surface area contributed by atoms with Gasteiger partial charge in [-0.3, -0.25) is 0 Å². The van der Waals surface area contributed by atoms with Gasteiger partial charge in [0.2, 0.25) is 0 Å². The molecular formula is C6H9O3+. The molecule has 2 atom stereocenters. The lowest BCUT2D eigenvalue weighted by Crippen LogP contribution is -2.17. The predicted molar refractivity (Wildman–Crippen MR) is 30.8 cm³/mol. The van der Waals surface area contributed by atoms with Crippen molar-refractivity contribution in [3.8, 4) is 0 Å². The molecule has 0 amide bonds. The summed E-state index contributed by atoms with van der Waals surface area (Å²) >= 11 is 0. The molecule has 1 aliphatic heterocycles. The van der Waals surface area contributed by atoms with Crippen molar-refractivity contribution in [2.75, 3.05) is 6.61 Å². The van der Waals surface area contributed by atoms with E-state index in [1.54, 1.807) is 0 Å². The summed E-state index contributed by atoms with van der Waals surface area (Å²) in [7, 11) is 0. The number of carboxylic acids is 1. The Labute approximate surface area is 53.6 Å².